The molecule has 15 heteroatoms. The summed E-state index contributed by atoms with van der Waals surface area (Å²) in [5.74, 6) is 1.17. The fraction of sp³-hybridized carbons (Fsp3) is 0.474. The van der Waals surface area contributed by atoms with Gasteiger partial charge in [-0.05, 0) is 74.8 Å². The van der Waals surface area contributed by atoms with Gasteiger partial charge < -0.3 is 24.8 Å². The largest absolute Gasteiger partial charge is 0.489 e. The zero-order valence-electron chi connectivity index (χ0n) is 29.8. The molecule has 2 aliphatic heterocycles. The maximum atomic E-state index is 13.5. The molecule has 6 heterocycles. The van der Waals surface area contributed by atoms with Crippen LogP contribution < -0.4 is 20.5 Å². The average molecular weight is 739 g/mol. The van der Waals surface area contributed by atoms with Crippen LogP contribution in [0.1, 0.15) is 72.8 Å². The molecule has 7 rings (SSSR count). The number of fused-ring (bicyclic) bond motifs is 1. The molecule has 0 aromatic carbocycles. The van der Waals surface area contributed by atoms with E-state index in [4.69, 9.17) is 21.6 Å². The van der Waals surface area contributed by atoms with Crippen LogP contribution >= 0.6 is 11.6 Å². The minimum absolute atomic E-state index is 0.00937. The van der Waals surface area contributed by atoms with Crippen LogP contribution in [0.3, 0.4) is 0 Å². The zero-order chi connectivity index (χ0) is 36.9. The Kier molecular flexibility index (Phi) is 11.1. The maximum Gasteiger partial charge on any atom is 0.272 e. The van der Waals surface area contributed by atoms with Gasteiger partial charge in [0.15, 0.2) is 17.2 Å². The first-order valence-electron chi connectivity index (χ1n) is 18.4. The number of aromatic nitrogens is 5. The molecule has 0 spiro atoms. The number of hydrogen-bond acceptors (Lipinski definition) is 11. The number of aromatic amines is 1. The normalized spacial score (nSPS) is 19.9. The molecule has 1 saturated carbocycles. The Bertz CT molecular complexity index is 2050. The summed E-state index contributed by atoms with van der Waals surface area (Å²) in [6.45, 7) is 7.02. The minimum atomic E-state index is -0.253. The molecule has 0 atom stereocenters. The number of piperidine rings is 1. The molecular weight excluding hydrogens is 696 g/mol. The summed E-state index contributed by atoms with van der Waals surface area (Å²) in [6, 6.07) is 11.0. The van der Waals surface area contributed by atoms with Gasteiger partial charge in [0.05, 0.1) is 28.4 Å². The van der Waals surface area contributed by atoms with Crippen LogP contribution in [0.2, 0.25) is 5.02 Å². The number of ether oxygens (including phenoxy) is 1. The first-order valence-corrected chi connectivity index (χ1v) is 18.8. The molecular formula is C38H43ClN10O4. The summed E-state index contributed by atoms with van der Waals surface area (Å²) in [6.07, 6.45) is 8.55. The molecule has 0 bridgehead atoms. The second-order valence-electron chi connectivity index (χ2n) is 14.1. The smallest absolute Gasteiger partial charge is 0.272 e. The molecule has 14 nitrogen and oxygen atoms in total. The van der Waals surface area contributed by atoms with E-state index in [-0.39, 0.29) is 51.8 Å². The number of pyridine rings is 3. The molecule has 4 aromatic heterocycles. The predicted molar refractivity (Wildman–Crippen MR) is 199 cm³/mol. The Hall–Kier alpha value is -5.13. The van der Waals surface area contributed by atoms with Crippen molar-refractivity contribution in [3.63, 3.8) is 0 Å². The summed E-state index contributed by atoms with van der Waals surface area (Å²) in [7, 11) is 0. The minimum Gasteiger partial charge on any atom is -0.489 e. The third-order valence-electron chi connectivity index (χ3n) is 10.6. The van der Waals surface area contributed by atoms with Gasteiger partial charge in [0.1, 0.15) is 11.8 Å². The van der Waals surface area contributed by atoms with Crippen molar-refractivity contribution >= 4 is 40.3 Å². The van der Waals surface area contributed by atoms with Crippen LogP contribution in [0.4, 0.5) is 5.82 Å². The predicted octanol–water partition coefficient (Wildman–Crippen LogP) is 3.88. The van der Waals surface area contributed by atoms with Gasteiger partial charge in [0, 0.05) is 75.6 Å². The Labute approximate surface area is 312 Å². The number of hydrogen-bond donors (Lipinski definition) is 2. The molecule has 276 valence electrons. The number of aryl methyl sites for hydroxylation is 1. The van der Waals surface area contributed by atoms with E-state index in [1.807, 2.05) is 42.3 Å². The van der Waals surface area contributed by atoms with Crippen molar-refractivity contribution in [3.8, 4) is 11.8 Å². The van der Waals surface area contributed by atoms with Gasteiger partial charge in [-0.3, -0.25) is 24.3 Å². The summed E-state index contributed by atoms with van der Waals surface area (Å²) in [5, 5.41) is 20.9. The van der Waals surface area contributed by atoms with E-state index in [1.165, 1.54) is 6.20 Å². The lowest BCUT2D eigenvalue weighted by atomic mass is 9.93. The quantitative estimate of drug-likeness (QED) is 0.255. The van der Waals surface area contributed by atoms with Gasteiger partial charge >= 0.3 is 0 Å². The summed E-state index contributed by atoms with van der Waals surface area (Å²) < 4.78 is 6.01. The average Bonchev–Trinajstić information content (AvgIpc) is 3.18. The second kappa shape index (κ2) is 16.3. The van der Waals surface area contributed by atoms with Crippen molar-refractivity contribution in [2.24, 2.45) is 5.92 Å². The number of halogens is 1. The van der Waals surface area contributed by atoms with Gasteiger partial charge in [-0.2, -0.15) is 5.26 Å². The van der Waals surface area contributed by atoms with Gasteiger partial charge in [-0.25, -0.2) is 4.98 Å². The third-order valence-corrected chi connectivity index (χ3v) is 10.9. The number of carbonyl (C=O) groups is 2. The van der Waals surface area contributed by atoms with Gasteiger partial charge in [-0.15, -0.1) is 10.2 Å². The lowest BCUT2D eigenvalue weighted by Crippen LogP contribution is -2.51. The van der Waals surface area contributed by atoms with E-state index in [2.05, 4.69) is 40.3 Å². The van der Waals surface area contributed by atoms with Crippen LogP contribution in [-0.2, 0) is 17.8 Å². The third kappa shape index (κ3) is 8.58. The van der Waals surface area contributed by atoms with Gasteiger partial charge in [0.2, 0.25) is 5.91 Å². The molecule has 53 heavy (non-hydrogen) atoms. The van der Waals surface area contributed by atoms with Crippen molar-refractivity contribution in [1.29, 1.82) is 5.26 Å². The summed E-state index contributed by atoms with van der Waals surface area (Å²) in [4.78, 5) is 56.7. The number of carbonyl (C=O) groups excluding carboxylic acids is 2. The van der Waals surface area contributed by atoms with Crippen LogP contribution in [0.15, 0.2) is 47.5 Å². The highest BCUT2D eigenvalue weighted by Crippen LogP contribution is 2.27. The van der Waals surface area contributed by atoms with Crippen LogP contribution in [-0.4, -0.2) is 98.2 Å². The molecule has 2 saturated heterocycles. The van der Waals surface area contributed by atoms with E-state index in [0.717, 1.165) is 80.3 Å². The standard InChI is InChI=1S/C38H43ClN10O4/c1-2-25-18-32-33(44-36(25)50)17-24(21-41-32)23-47-13-15-49(16-14-47)38(52)26-9-11-48(12-10-26)35-8-7-31(45-46-35)37(51)43-27-3-5-28(6-4-27)53-29-19-30(39)34(20-40)42-22-29/h7-8,17-19,21-22,26-28H,2-6,9-16,23H2,1H3,(H,43,51)(H,44,50). The number of rotatable bonds is 9. The Morgan fingerprint density at radius 1 is 0.981 bits per heavy atom. The fourth-order valence-electron chi connectivity index (χ4n) is 7.47. The first-order chi connectivity index (χ1) is 25.8. The van der Waals surface area contributed by atoms with E-state index in [9.17, 15) is 14.4 Å². The van der Waals surface area contributed by atoms with Crippen molar-refractivity contribution in [2.45, 2.75) is 70.6 Å². The first kappa shape index (κ1) is 36.2. The maximum absolute atomic E-state index is 13.5. The number of nitrogens with zero attached hydrogens (tertiary/aromatic N) is 8. The monoisotopic (exact) mass is 738 g/mol. The Balaban J connectivity index is 0.822. The highest BCUT2D eigenvalue weighted by atomic mass is 35.5. The Morgan fingerprint density at radius 3 is 2.43 bits per heavy atom. The van der Waals surface area contributed by atoms with Gasteiger partial charge in [-0.1, -0.05) is 18.5 Å². The van der Waals surface area contributed by atoms with Crippen molar-refractivity contribution in [3.05, 3.63) is 80.6 Å². The molecule has 2 N–H and O–H groups in total. The second-order valence-corrected chi connectivity index (χ2v) is 14.5. The molecule has 0 radical (unpaired) electrons. The fourth-order valence-corrected chi connectivity index (χ4v) is 7.67. The number of piperazine rings is 1. The van der Waals surface area contributed by atoms with Gasteiger partial charge in [0.25, 0.3) is 11.5 Å². The number of nitrogens with one attached hydrogen (secondary N) is 2. The summed E-state index contributed by atoms with van der Waals surface area (Å²) in [5.41, 5.74) is 3.70. The summed E-state index contributed by atoms with van der Waals surface area (Å²) >= 11 is 6.07. The SMILES string of the molecule is CCc1cc2ncc(CN3CCN(C(=O)C4CCN(c5ccc(C(=O)NC6CCC(Oc7cnc(C#N)c(Cl)c7)CC6)nn5)CC4)CC3)cc2[nH]c1=O. The van der Waals surface area contributed by atoms with Crippen LogP contribution in [0, 0.1) is 17.2 Å². The van der Waals surface area contributed by atoms with Crippen LogP contribution in [0.5, 0.6) is 5.75 Å². The highest BCUT2D eigenvalue weighted by Gasteiger charge is 2.31. The lowest BCUT2D eigenvalue weighted by molar-refractivity contribution is -0.138. The molecule has 4 aromatic rings. The van der Waals surface area contributed by atoms with Crippen molar-refractivity contribution < 1.29 is 14.3 Å². The number of amides is 2. The van der Waals surface area contributed by atoms with E-state index < -0.39 is 0 Å². The number of H-pyrrole nitrogens is 1. The molecule has 3 aliphatic rings. The Morgan fingerprint density at radius 2 is 1.75 bits per heavy atom. The highest BCUT2D eigenvalue weighted by molar-refractivity contribution is 6.31. The zero-order valence-corrected chi connectivity index (χ0v) is 30.5. The molecule has 2 amide bonds. The van der Waals surface area contributed by atoms with E-state index >= 15 is 0 Å². The lowest BCUT2D eigenvalue weighted by Gasteiger charge is -2.38. The number of nitriles is 1. The molecule has 1 aliphatic carbocycles. The molecule has 0 unspecified atom stereocenters. The van der Waals surface area contributed by atoms with E-state index in [1.54, 1.807) is 12.1 Å². The number of anilines is 1. The van der Waals surface area contributed by atoms with E-state index in [0.29, 0.717) is 44.2 Å². The van der Waals surface area contributed by atoms with Crippen molar-refractivity contribution in [2.75, 3.05) is 44.2 Å². The molecule has 3 fully saturated rings. The van der Waals surface area contributed by atoms with Crippen LogP contribution in [0.25, 0.3) is 11.0 Å². The topological polar surface area (TPSA) is 173 Å². The van der Waals surface area contributed by atoms with Crippen molar-refractivity contribution in [1.82, 2.24) is 40.3 Å².